The highest BCUT2D eigenvalue weighted by molar-refractivity contribution is 7.92. The van der Waals surface area contributed by atoms with Gasteiger partial charge in [0.2, 0.25) is 10.0 Å². The summed E-state index contributed by atoms with van der Waals surface area (Å²) in [5.41, 5.74) is -0.404. The summed E-state index contributed by atoms with van der Waals surface area (Å²) in [4.78, 5) is 0. The van der Waals surface area contributed by atoms with E-state index in [1.165, 1.54) is 4.31 Å². The van der Waals surface area contributed by atoms with E-state index >= 15 is 0 Å². The number of benzene rings is 1. The lowest BCUT2D eigenvalue weighted by molar-refractivity contribution is 0.109. The van der Waals surface area contributed by atoms with E-state index < -0.39 is 15.7 Å². The van der Waals surface area contributed by atoms with Gasteiger partial charge in [-0.3, -0.25) is 4.31 Å². The lowest BCUT2D eigenvalue weighted by Crippen LogP contribution is -2.38. The second-order valence-electron chi connectivity index (χ2n) is 6.54. The van der Waals surface area contributed by atoms with Crippen LogP contribution in [-0.2, 0) is 10.0 Å². The smallest absolute Gasteiger partial charge is 0.235 e. The number of para-hydroxylation sites is 1. The normalized spacial score (nSPS) is 25.9. The molecular formula is C17H26FNO2S. The van der Waals surface area contributed by atoms with Crippen LogP contribution in [0.3, 0.4) is 0 Å². The molecule has 1 saturated carbocycles. The van der Waals surface area contributed by atoms with Gasteiger partial charge in [0.1, 0.15) is 5.67 Å². The fraction of sp³-hybridized carbons (Fsp3) is 0.647. The second-order valence-corrected chi connectivity index (χ2v) is 8.48. The zero-order valence-corrected chi connectivity index (χ0v) is 14.3. The number of alkyl halides is 1. The van der Waals surface area contributed by atoms with Gasteiger partial charge in [-0.05, 0) is 57.1 Å². The largest absolute Gasteiger partial charge is 0.270 e. The Kier molecular flexibility index (Phi) is 5.48. The van der Waals surface area contributed by atoms with Crippen LogP contribution in [0.4, 0.5) is 10.1 Å². The zero-order chi connectivity index (χ0) is 16.2. The van der Waals surface area contributed by atoms with Gasteiger partial charge in [-0.15, -0.1) is 0 Å². The Labute approximate surface area is 133 Å². The van der Waals surface area contributed by atoms with Crippen molar-refractivity contribution in [3.05, 3.63) is 30.3 Å². The van der Waals surface area contributed by atoms with E-state index in [4.69, 9.17) is 0 Å². The Bertz CT molecular complexity index is 562. The number of sulfonamides is 1. The van der Waals surface area contributed by atoms with Gasteiger partial charge < -0.3 is 0 Å². The topological polar surface area (TPSA) is 37.4 Å². The summed E-state index contributed by atoms with van der Waals surface area (Å²) in [6.45, 7) is 4.07. The van der Waals surface area contributed by atoms with Crippen molar-refractivity contribution < 1.29 is 12.8 Å². The summed E-state index contributed by atoms with van der Waals surface area (Å²) in [6, 6.07) is 9.23. The second kappa shape index (κ2) is 6.99. The molecule has 1 aromatic rings. The van der Waals surface area contributed by atoms with Crippen molar-refractivity contribution in [1.29, 1.82) is 0 Å². The first-order valence-electron chi connectivity index (χ1n) is 8.08. The van der Waals surface area contributed by atoms with Crippen molar-refractivity contribution in [3.8, 4) is 0 Å². The van der Waals surface area contributed by atoms with Gasteiger partial charge in [-0.2, -0.15) is 0 Å². The van der Waals surface area contributed by atoms with Gasteiger partial charge in [0.05, 0.1) is 11.4 Å². The molecule has 0 amide bonds. The lowest BCUT2D eigenvalue weighted by atomic mass is 9.82. The van der Waals surface area contributed by atoms with Crippen molar-refractivity contribution in [2.75, 3.05) is 16.6 Å². The zero-order valence-electron chi connectivity index (χ0n) is 13.5. The Hall–Kier alpha value is -1.10. The maximum absolute atomic E-state index is 13.9. The first kappa shape index (κ1) is 17.3. The highest BCUT2D eigenvalue weighted by Gasteiger charge is 2.34. The van der Waals surface area contributed by atoms with Gasteiger partial charge in [0, 0.05) is 6.54 Å². The quantitative estimate of drug-likeness (QED) is 0.787. The molecule has 5 heteroatoms. The lowest BCUT2D eigenvalue weighted by Gasteiger charge is -2.32. The molecular weight excluding hydrogens is 301 g/mol. The van der Waals surface area contributed by atoms with Crippen LogP contribution in [0.15, 0.2) is 30.3 Å². The highest BCUT2D eigenvalue weighted by atomic mass is 32.2. The average molecular weight is 327 g/mol. The van der Waals surface area contributed by atoms with Gasteiger partial charge in [0.15, 0.2) is 0 Å². The number of halogens is 1. The van der Waals surface area contributed by atoms with E-state index in [2.05, 4.69) is 0 Å². The van der Waals surface area contributed by atoms with Crippen LogP contribution in [0.1, 0.15) is 46.0 Å². The molecule has 0 unspecified atom stereocenters. The van der Waals surface area contributed by atoms with E-state index in [0.29, 0.717) is 32.2 Å². The van der Waals surface area contributed by atoms with E-state index in [1.807, 2.05) is 37.3 Å². The predicted molar refractivity (Wildman–Crippen MR) is 89.3 cm³/mol. The van der Waals surface area contributed by atoms with Gasteiger partial charge in [0.25, 0.3) is 0 Å². The molecule has 0 aromatic heterocycles. The Morgan fingerprint density at radius 3 is 2.36 bits per heavy atom. The first-order chi connectivity index (χ1) is 10.3. The molecule has 1 aromatic carbocycles. The first-order valence-corrected chi connectivity index (χ1v) is 9.69. The molecule has 1 aliphatic carbocycles. The SMILES string of the molecule is CCCN(c1ccccc1)S(=O)(=O)CC1CCC(C)(F)CC1. The minimum Gasteiger partial charge on any atom is -0.270 e. The van der Waals surface area contributed by atoms with Crippen LogP contribution in [0.5, 0.6) is 0 Å². The van der Waals surface area contributed by atoms with Gasteiger partial charge in [-0.25, -0.2) is 12.8 Å². The number of nitrogens with zero attached hydrogens (tertiary/aromatic N) is 1. The van der Waals surface area contributed by atoms with E-state index in [9.17, 15) is 12.8 Å². The summed E-state index contributed by atoms with van der Waals surface area (Å²) >= 11 is 0. The molecule has 0 spiro atoms. The molecule has 2 rings (SSSR count). The molecule has 22 heavy (non-hydrogen) atoms. The number of hydrogen-bond acceptors (Lipinski definition) is 2. The molecule has 3 nitrogen and oxygen atoms in total. The van der Waals surface area contributed by atoms with Crippen LogP contribution in [-0.4, -0.2) is 26.4 Å². The fourth-order valence-corrected chi connectivity index (χ4v) is 5.07. The van der Waals surface area contributed by atoms with Crippen molar-refractivity contribution >= 4 is 15.7 Å². The van der Waals surface area contributed by atoms with Crippen LogP contribution in [0.2, 0.25) is 0 Å². The Morgan fingerprint density at radius 1 is 1.23 bits per heavy atom. The number of hydrogen-bond donors (Lipinski definition) is 0. The molecule has 124 valence electrons. The standard InChI is InChI=1S/C17H26FNO2S/c1-3-13-19(16-7-5-4-6-8-16)22(20,21)14-15-9-11-17(2,18)12-10-15/h4-8,15H,3,9-14H2,1-2H3. The molecule has 1 fully saturated rings. The third kappa shape index (κ3) is 4.45. The summed E-state index contributed by atoms with van der Waals surface area (Å²) in [6.07, 6.45) is 3.00. The summed E-state index contributed by atoms with van der Waals surface area (Å²) in [7, 11) is -3.36. The molecule has 0 aliphatic heterocycles. The molecule has 0 saturated heterocycles. The molecule has 0 N–H and O–H groups in total. The molecule has 0 bridgehead atoms. The fourth-order valence-electron chi connectivity index (χ4n) is 3.06. The third-order valence-corrected chi connectivity index (χ3v) is 6.36. The summed E-state index contributed by atoms with van der Waals surface area (Å²) < 4.78 is 40.9. The Balaban J connectivity index is 2.10. The number of rotatable bonds is 6. The van der Waals surface area contributed by atoms with Crippen LogP contribution in [0.25, 0.3) is 0 Å². The molecule has 0 heterocycles. The number of anilines is 1. The monoisotopic (exact) mass is 327 g/mol. The molecule has 1 aliphatic rings. The van der Waals surface area contributed by atoms with Crippen molar-refractivity contribution in [2.45, 2.75) is 51.6 Å². The minimum absolute atomic E-state index is 0.0666. The molecule has 0 radical (unpaired) electrons. The minimum atomic E-state index is -3.36. The van der Waals surface area contributed by atoms with E-state index in [1.54, 1.807) is 6.92 Å². The summed E-state index contributed by atoms with van der Waals surface area (Å²) in [5.74, 6) is 0.190. The van der Waals surface area contributed by atoms with Crippen LogP contribution < -0.4 is 4.31 Å². The van der Waals surface area contributed by atoms with Crippen molar-refractivity contribution in [2.24, 2.45) is 5.92 Å². The van der Waals surface area contributed by atoms with Gasteiger partial charge >= 0.3 is 0 Å². The predicted octanol–water partition coefficient (Wildman–Crippen LogP) is 4.15. The third-order valence-electron chi connectivity index (χ3n) is 4.40. The van der Waals surface area contributed by atoms with Crippen LogP contribution in [0, 0.1) is 5.92 Å². The van der Waals surface area contributed by atoms with Crippen molar-refractivity contribution in [1.82, 2.24) is 0 Å². The van der Waals surface area contributed by atoms with Crippen molar-refractivity contribution in [3.63, 3.8) is 0 Å². The maximum atomic E-state index is 13.9. The Morgan fingerprint density at radius 2 is 1.82 bits per heavy atom. The van der Waals surface area contributed by atoms with E-state index in [0.717, 1.165) is 12.1 Å². The van der Waals surface area contributed by atoms with Gasteiger partial charge in [-0.1, -0.05) is 25.1 Å². The maximum Gasteiger partial charge on any atom is 0.235 e. The highest BCUT2D eigenvalue weighted by Crippen LogP contribution is 2.35. The molecule has 0 atom stereocenters. The van der Waals surface area contributed by atoms with Crippen LogP contribution >= 0.6 is 0 Å². The van der Waals surface area contributed by atoms with E-state index in [-0.39, 0.29) is 11.7 Å². The average Bonchev–Trinajstić information content (AvgIpc) is 2.47. The summed E-state index contributed by atoms with van der Waals surface area (Å²) in [5, 5.41) is 0.